The summed E-state index contributed by atoms with van der Waals surface area (Å²) in [6.45, 7) is 2.29. The van der Waals surface area contributed by atoms with Gasteiger partial charge in [-0.3, -0.25) is 0 Å². The van der Waals surface area contributed by atoms with E-state index in [0.29, 0.717) is 0 Å². The minimum atomic E-state index is 0.873. The van der Waals surface area contributed by atoms with Gasteiger partial charge in [0.15, 0.2) is 0 Å². The molecule has 0 amide bonds. The van der Waals surface area contributed by atoms with Crippen molar-refractivity contribution in [2.75, 3.05) is 17.3 Å². The topological polar surface area (TPSA) is 22.3 Å². The molecular weight excluding hydrogens is 186 g/mol. The number of thiocarbonyl (C=S) groups is 1. The zero-order valence-electron chi connectivity index (χ0n) is 7.71. The van der Waals surface area contributed by atoms with E-state index in [9.17, 15) is 0 Å². The molecule has 3 heteroatoms. The first-order valence-electron chi connectivity index (χ1n) is 4.50. The Kier molecular flexibility index (Phi) is 9.36. The van der Waals surface area contributed by atoms with Gasteiger partial charge in [0.05, 0.1) is 0 Å². The summed E-state index contributed by atoms with van der Waals surface area (Å²) in [7, 11) is 0.873. The van der Waals surface area contributed by atoms with Crippen LogP contribution in [0.2, 0.25) is 0 Å². The third kappa shape index (κ3) is 6.84. The predicted octanol–water partition coefficient (Wildman–Crippen LogP) is 2.86. The van der Waals surface area contributed by atoms with Crippen LogP contribution in [0.3, 0.4) is 0 Å². The minimum absolute atomic E-state index is 0.873. The van der Waals surface area contributed by atoms with Gasteiger partial charge in [0.1, 0.15) is 17.3 Å². The average Bonchev–Trinajstić information content (AvgIpc) is 2.54. The van der Waals surface area contributed by atoms with Crippen molar-refractivity contribution in [1.82, 2.24) is 0 Å². The van der Waals surface area contributed by atoms with Gasteiger partial charge in [0.25, 0.3) is 0 Å². The standard InChI is InChI=1S/C8H17S.CNS/c1-2-3-6-9-7-4-5-8-9;2-1-3/h2-8H2,1H3;/q+1;-1. The molecule has 0 aromatic rings. The summed E-state index contributed by atoms with van der Waals surface area (Å²) in [6, 6.07) is 0. The lowest BCUT2D eigenvalue weighted by molar-refractivity contribution is 0.893. The molecule has 0 N–H and O–H groups in total. The second-order valence-electron chi connectivity index (χ2n) is 2.88. The zero-order chi connectivity index (χ0) is 9.23. The maximum Gasteiger partial charge on any atom is 0.108 e. The van der Waals surface area contributed by atoms with Crippen LogP contribution in [0, 0.1) is 0 Å². The van der Waals surface area contributed by atoms with Crippen molar-refractivity contribution in [3.05, 3.63) is 5.41 Å². The molecule has 12 heavy (non-hydrogen) atoms. The molecule has 0 bridgehead atoms. The highest BCUT2D eigenvalue weighted by molar-refractivity contribution is 7.97. The molecule has 0 spiro atoms. The predicted molar refractivity (Wildman–Crippen MR) is 62.1 cm³/mol. The summed E-state index contributed by atoms with van der Waals surface area (Å²) in [5, 5.41) is 8.47. The fourth-order valence-electron chi connectivity index (χ4n) is 1.27. The van der Waals surface area contributed by atoms with Gasteiger partial charge >= 0.3 is 0 Å². The molecular formula is C9H17NS2. The van der Waals surface area contributed by atoms with Crippen molar-refractivity contribution in [2.24, 2.45) is 0 Å². The number of unbranched alkanes of at least 4 members (excludes halogenated alkanes) is 1. The van der Waals surface area contributed by atoms with E-state index in [-0.39, 0.29) is 0 Å². The first-order valence-corrected chi connectivity index (χ1v) is 6.64. The van der Waals surface area contributed by atoms with E-state index < -0.39 is 0 Å². The fraction of sp³-hybridized carbons (Fsp3) is 0.889. The smallest absolute Gasteiger partial charge is 0.108 e. The number of nitrogens with zero attached hydrogens (tertiary/aromatic N) is 1. The molecule has 1 rings (SSSR count). The summed E-state index contributed by atoms with van der Waals surface area (Å²) >= 11 is 3.70. The number of hydrogen-bond donors (Lipinski definition) is 0. The zero-order valence-corrected chi connectivity index (χ0v) is 9.35. The summed E-state index contributed by atoms with van der Waals surface area (Å²) < 4.78 is 0. The first kappa shape index (κ1) is 12.2. The van der Waals surface area contributed by atoms with Crippen molar-refractivity contribution in [2.45, 2.75) is 32.6 Å². The molecule has 1 nitrogen and oxygen atoms in total. The monoisotopic (exact) mass is 203 g/mol. The summed E-state index contributed by atoms with van der Waals surface area (Å²) in [6.07, 6.45) is 5.91. The van der Waals surface area contributed by atoms with Crippen LogP contribution in [0.15, 0.2) is 0 Å². The Bertz CT molecular complexity index is 124. The highest BCUT2D eigenvalue weighted by Crippen LogP contribution is 2.14. The molecule has 0 aromatic heterocycles. The third-order valence-electron chi connectivity index (χ3n) is 1.90. The van der Waals surface area contributed by atoms with E-state index in [0.717, 1.165) is 10.9 Å². The van der Waals surface area contributed by atoms with Crippen LogP contribution in [0.4, 0.5) is 0 Å². The van der Waals surface area contributed by atoms with Crippen LogP contribution in [-0.4, -0.2) is 22.4 Å². The SMILES string of the molecule is CCCC[S+]1CCCC1.[N-]=C=S. The lowest BCUT2D eigenvalue weighted by Crippen LogP contribution is -2.07. The van der Waals surface area contributed by atoms with Gasteiger partial charge in [-0.2, -0.15) is 5.16 Å². The molecule has 0 aliphatic carbocycles. The van der Waals surface area contributed by atoms with Crippen molar-refractivity contribution in [1.29, 1.82) is 0 Å². The van der Waals surface area contributed by atoms with Crippen LogP contribution >= 0.6 is 12.2 Å². The Labute approximate surface area is 83.8 Å². The van der Waals surface area contributed by atoms with Crippen LogP contribution in [-0.2, 0) is 10.9 Å². The Morgan fingerprint density at radius 1 is 1.42 bits per heavy atom. The molecule has 0 saturated carbocycles. The quantitative estimate of drug-likeness (QED) is 0.393. The van der Waals surface area contributed by atoms with Crippen LogP contribution in [0.5, 0.6) is 0 Å². The highest BCUT2D eigenvalue weighted by Gasteiger charge is 2.22. The molecule has 1 fully saturated rings. The Morgan fingerprint density at radius 2 is 1.92 bits per heavy atom. The van der Waals surface area contributed by atoms with Crippen molar-refractivity contribution in [3.63, 3.8) is 0 Å². The second-order valence-corrected chi connectivity index (χ2v) is 5.51. The molecule has 0 radical (unpaired) electrons. The van der Waals surface area contributed by atoms with Gasteiger partial charge in [-0.25, -0.2) is 0 Å². The maximum atomic E-state index is 7.13. The fourth-order valence-corrected chi connectivity index (χ4v) is 3.80. The molecule has 1 saturated heterocycles. The minimum Gasteiger partial charge on any atom is -0.753 e. The normalized spacial score (nSPS) is 16.4. The van der Waals surface area contributed by atoms with Gasteiger partial charge < -0.3 is 5.41 Å². The largest absolute Gasteiger partial charge is 0.753 e. The van der Waals surface area contributed by atoms with E-state index in [4.69, 9.17) is 5.41 Å². The molecule has 0 atom stereocenters. The van der Waals surface area contributed by atoms with Gasteiger partial charge in [0.2, 0.25) is 0 Å². The van der Waals surface area contributed by atoms with Gasteiger partial charge in [0, 0.05) is 0 Å². The maximum absolute atomic E-state index is 7.13. The van der Waals surface area contributed by atoms with E-state index in [2.05, 4.69) is 19.1 Å². The van der Waals surface area contributed by atoms with Crippen LogP contribution in [0.25, 0.3) is 5.41 Å². The molecule has 70 valence electrons. The average molecular weight is 203 g/mol. The molecule has 0 aromatic carbocycles. The third-order valence-corrected chi connectivity index (χ3v) is 4.50. The van der Waals surface area contributed by atoms with E-state index in [1.165, 1.54) is 36.6 Å². The summed E-state index contributed by atoms with van der Waals surface area (Å²) in [5.74, 6) is 4.65. The number of rotatable bonds is 3. The Morgan fingerprint density at radius 3 is 2.33 bits per heavy atom. The van der Waals surface area contributed by atoms with Gasteiger partial charge in [-0.05, 0) is 30.2 Å². The first-order chi connectivity index (χ1) is 5.85. The van der Waals surface area contributed by atoms with Crippen molar-refractivity contribution < 1.29 is 0 Å². The molecule has 1 aliphatic rings. The van der Waals surface area contributed by atoms with E-state index in [1.807, 2.05) is 0 Å². The Hall–Kier alpha value is 0.150. The second kappa shape index (κ2) is 9.24. The van der Waals surface area contributed by atoms with Gasteiger partial charge in [-0.15, -0.1) is 0 Å². The van der Waals surface area contributed by atoms with Crippen LogP contribution in [0.1, 0.15) is 32.6 Å². The van der Waals surface area contributed by atoms with Crippen molar-refractivity contribution >= 4 is 28.3 Å². The summed E-state index contributed by atoms with van der Waals surface area (Å²) in [4.78, 5) is 0. The van der Waals surface area contributed by atoms with Gasteiger partial charge in [-0.1, -0.05) is 25.6 Å². The van der Waals surface area contributed by atoms with E-state index >= 15 is 0 Å². The van der Waals surface area contributed by atoms with Crippen LogP contribution < -0.4 is 0 Å². The molecule has 1 heterocycles. The molecule has 0 unspecified atom stereocenters. The lowest BCUT2D eigenvalue weighted by Gasteiger charge is -1.96. The highest BCUT2D eigenvalue weighted by atomic mass is 32.2. The van der Waals surface area contributed by atoms with E-state index in [1.54, 1.807) is 11.5 Å². The number of isothiocyanates is 1. The summed E-state index contributed by atoms with van der Waals surface area (Å²) in [5.41, 5.74) is 0. The molecule has 1 aliphatic heterocycles. The lowest BCUT2D eigenvalue weighted by atomic mass is 10.4. The Balaban J connectivity index is 0.000000354. The van der Waals surface area contributed by atoms with Crippen molar-refractivity contribution in [3.8, 4) is 0 Å². The number of hydrogen-bond acceptors (Lipinski definition) is 1.